The fourth-order valence-electron chi connectivity index (χ4n) is 3.44. The van der Waals surface area contributed by atoms with Crippen LogP contribution in [-0.2, 0) is 14.8 Å². The topological polar surface area (TPSA) is 97.4 Å². The number of nitrogens with one attached hydrogen (secondary N) is 1. The molecule has 0 radical (unpaired) electrons. The van der Waals surface area contributed by atoms with Gasteiger partial charge in [0, 0.05) is 49.0 Å². The first-order chi connectivity index (χ1) is 15.3. The van der Waals surface area contributed by atoms with Crippen LogP contribution in [0, 0.1) is 0 Å². The minimum atomic E-state index is -3.59. The van der Waals surface area contributed by atoms with Crippen molar-refractivity contribution in [1.82, 2.24) is 9.21 Å². The summed E-state index contributed by atoms with van der Waals surface area (Å²) in [4.78, 5) is 14.7. The zero-order valence-corrected chi connectivity index (χ0v) is 19.7. The molecule has 1 heterocycles. The van der Waals surface area contributed by atoms with Crippen LogP contribution in [0.5, 0.6) is 17.2 Å². The third-order valence-electron chi connectivity index (χ3n) is 5.10. The summed E-state index contributed by atoms with van der Waals surface area (Å²) in [7, 11) is 0.913. The number of hydrogen-bond donors (Lipinski definition) is 1. The second kappa shape index (κ2) is 10.4. The Morgan fingerprint density at radius 3 is 2.03 bits per heavy atom. The molecule has 0 unspecified atom stereocenters. The molecule has 0 spiro atoms. The van der Waals surface area contributed by atoms with E-state index >= 15 is 0 Å². The molecule has 1 aliphatic rings. The Morgan fingerprint density at radius 1 is 0.969 bits per heavy atom. The summed E-state index contributed by atoms with van der Waals surface area (Å²) in [5.74, 6) is 1.07. The van der Waals surface area contributed by atoms with E-state index in [-0.39, 0.29) is 17.3 Å². The van der Waals surface area contributed by atoms with Crippen LogP contribution in [0.3, 0.4) is 0 Å². The molecule has 0 bridgehead atoms. The number of sulfonamides is 1. The molecule has 32 heavy (non-hydrogen) atoms. The van der Waals surface area contributed by atoms with Crippen molar-refractivity contribution in [2.45, 2.75) is 4.90 Å². The molecule has 1 amide bonds. The van der Waals surface area contributed by atoms with Gasteiger partial charge in [0.25, 0.3) is 0 Å². The Kier molecular flexibility index (Phi) is 7.83. The Balaban J connectivity index is 1.58. The van der Waals surface area contributed by atoms with Gasteiger partial charge in [-0.3, -0.25) is 9.69 Å². The molecular formula is C21H26ClN3O6S. The van der Waals surface area contributed by atoms with E-state index in [2.05, 4.69) is 5.32 Å². The maximum Gasteiger partial charge on any atom is 0.243 e. The van der Waals surface area contributed by atoms with E-state index in [1.807, 2.05) is 4.90 Å². The predicted molar refractivity (Wildman–Crippen MR) is 121 cm³/mol. The smallest absolute Gasteiger partial charge is 0.243 e. The normalized spacial score (nSPS) is 15.2. The predicted octanol–water partition coefficient (Wildman–Crippen LogP) is 2.31. The number of hydrogen-bond acceptors (Lipinski definition) is 7. The number of nitrogens with zero attached hydrogens (tertiary/aromatic N) is 2. The van der Waals surface area contributed by atoms with Crippen molar-refractivity contribution in [2.24, 2.45) is 0 Å². The Hall–Kier alpha value is -2.53. The van der Waals surface area contributed by atoms with E-state index in [1.54, 1.807) is 24.3 Å². The standard InChI is InChI=1S/C21H26ClN3O6S/c1-29-18-12-16(13-19(30-2)21(18)31-3)23-20(26)14-24-8-10-25(11-9-24)32(27,28)17-6-4-15(22)5-7-17/h4-7,12-13H,8-11,14H2,1-3H3,(H,23,26). The van der Waals surface area contributed by atoms with E-state index in [0.29, 0.717) is 54.1 Å². The average Bonchev–Trinajstić information content (AvgIpc) is 2.78. The molecule has 2 aromatic carbocycles. The summed E-state index contributed by atoms with van der Waals surface area (Å²) < 4.78 is 42.9. The molecule has 0 atom stereocenters. The van der Waals surface area contributed by atoms with Crippen LogP contribution in [0.4, 0.5) is 5.69 Å². The van der Waals surface area contributed by atoms with Gasteiger partial charge in [-0.2, -0.15) is 4.31 Å². The van der Waals surface area contributed by atoms with E-state index in [9.17, 15) is 13.2 Å². The minimum absolute atomic E-state index is 0.130. The van der Waals surface area contributed by atoms with Gasteiger partial charge in [-0.05, 0) is 24.3 Å². The Labute approximate surface area is 192 Å². The van der Waals surface area contributed by atoms with E-state index in [1.165, 1.54) is 37.8 Å². The van der Waals surface area contributed by atoms with Crippen LogP contribution in [0.2, 0.25) is 5.02 Å². The first kappa shape index (κ1) is 24.1. The highest BCUT2D eigenvalue weighted by molar-refractivity contribution is 7.89. The molecule has 11 heteroatoms. The first-order valence-electron chi connectivity index (χ1n) is 9.86. The van der Waals surface area contributed by atoms with Crippen LogP contribution in [0.25, 0.3) is 0 Å². The van der Waals surface area contributed by atoms with Gasteiger partial charge in [-0.15, -0.1) is 0 Å². The number of benzene rings is 2. The molecule has 0 saturated carbocycles. The van der Waals surface area contributed by atoms with E-state index in [4.69, 9.17) is 25.8 Å². The van der Waals surface area contributed by atoms with E-state index < -0.39 is 10.0 Å². The highest BCUT2D eigenvalue weighted by atomic mass is 35.5. The SMILES string of the molecule is COc1cc(NC(=O)CN2CCN(S(=O)(=O)c3ccc(Cl)cc3)CC2)cc(OC)c1OC. The average molecular weight is 484 g/mol. The van der Waals surface area contributed by atoms with Crippen molar-refractivity contribution in [3.63, 3.8) is 0 Å². The first-order valence-corrected chi connectivity index (χ1v) is 11.7. The largest absolute Gasteiger partial charge is 0.493 e. The van der Waals surface area contributed by atoms with Crippen LogP contribution < -0.4 is 19.5 Å². The number of rotatable bonds is 8. The Bertz CT molecular complexity index is 1030. The fraction of sp³-hybridized carbons (Fsp3) is 0.381. The number of amides is 1. The second-order valence-corrected chi connectivity index (χ2v) is 9.47. The highest BCUT2D eigenvalue weighted by Crippen LogP contribution is 2.39. The number of ether oxygens (including phenoxy) is 3. The van der Waals surface area contributed by atoms with Gasteiger partial charge >= 0.3 is 0 Å². The molecule has 0 aliphatic carbocycles. The number of carbonyl (C=O) groups is 1. The van der Waals surface area contributed by atoms with Crippen molar-refractivity contribution in [3.8, 4) is 17.2 Å². The third-order valence-corrected chi connectivity index (χ3v) is 7.26. The maximum absolute atomic E-state index is 12.8. The van der Waals surface area contributed by atoms with Gasteiger partial charge < -0.3 is 19.5 Å². The van der Waals surface area contributed by atoms with Gasteiger partial charge in [-0.25, -0.2) is 8.42 Å². The van der Waals surface area contributed by atoms with Crippen molar-refractivity contribution < 1.29 is 27.4 Å². The van der Waals surface area contributed by atoms with Gasteiger partial charge in [-0.1, -0.05) is 11.6 Å². The summed E-state index contributed by atoms with van der Waals surface area (Å²) in [6, 6.07) is 9.39. The van der Waals surface area contributed by atoms with Gasteiger partial charge in [0.2, 0.25) is 21.7 Å². The van der Waals surface area contributed by atoms with E-state index in [0.717, 1.165) is 0 Å². The molecule has 1 saturated heterocycles. The number of halogens is 1. The molecule has 174 valence electrons. The lowest BCUT2D eigenvalue weighted by Gasteiger charge is -2.33. The third kappa shape index (κ3) is 5.44. The number of carbonyl (C=O) groups excluding carboxylic acids is 1. The fourth-order valence-corrected chi connectivity index (χ4v) is 4.99. The maximum atomic E-state index is 12.8. The summed E-state index contributed by atoms with van der Waals surface area (Å²) in [6.07, 6.45) is 0. The zero-order valence-electron chi connectivity index (χ0n) is 18.1. The lowest BCUT2D eigenvalue weighted by atomic mass is 10.2. The molecule has 9 nitrogen and oxygen atoms in total. The molecular weight excluding hydrogens is 458 g/mol. The van der Waals surface area contributed by atoms with Crippen LogP contribution >= 0.6 is 11.6 Å². The lowest BCUT2D eigenvalue weighted by Crippen LogP contribution is -2.50. The van der Waals surface area contributed by atoms with Crippen LogP contribution in [0.15, 0.2) is 41.3 Å². The molecule has 0 aromatic heterocycles. The molecule has 1 fully saturated rings. The number of anilines is 1. The van der Waals surface area contributed by atoms with Crippen molar-refractivity contribution in [2.75, 3.05) is 59.4 Å². The molecule has 3 rings (SSSR count). The van der Waals surface area contributed by atoms with Crippen molar-refractivity contribution in [1.29, 1.82) is 0 Å². The van der Waals surface area contributed by atoms with Crippen molar-refractivity contribution in [3.05, 3.63) is 41.4 Å². The van der Waals surface area contributed by atoms with Crippen LogP contribution in [-0.4, -0.2) is 77.6 Å². The highest BCUT2D eigenvalue weighted by Gasteiger charge is 2.29. The summed E-state index contributed by atoms with van der Waals surface area (Å²) >= 11 is 5.85. The number of piperazine rings is 1. The lowest BCUT2D eigenvalue weighted by molar-refractivity contribution is -0.117. The molecule has 1 N–H and O–H groups in total. The second-order valence-electron chi connectivity index (χ2n) is 7.10. The summed E-state index contributed by atoms with van der Waals surface area (Å²) in [5, 5.41) is 3.30. The monoisotopic (exact) mass is 483 g/mol. The number of methoxy groups -OCH3 is 3. The van der Waals surface area contributed by atoms with Crippen LogP contribution in [0.1, 0.15) is 0 Å². The molecule has 2 aromatic rings. The summed E-state index contributed by atoms with van der Waals surface area (Å²) in [6.45, 7) is 1.60. The Morgan fingerprint density at radius 2 is 1.53 bits per heavy atom. The van der Waals surface area contributed by atoms with Crippen molar-refractivity contribution >= 4 is 33.2 Å². The van der Waals surface area contributed by atoms with Gasteiger partial charge in [0.15, 0.2) is 11.5 Å². The van der Waals surface area contributed by atoms with Gasteiger partial charge in [0.05, 0.1) is 32.8 Å². The molecule has 1 aliphatic heterocycles. The quantitative estimate of drug-likeness (QED) is 0.615. The summed E-state index contributed by atoms with van der Waals surface area (Å²) in [5.41, 5.74) is 0.508. The minimum Gasteiger partial charge on any atom is -0.493 e. The van der Waals surface area contributed by atoms with Gasteiger partial charge in [0.1, 0.15) is 0 Å². The zero-order chi connectivity index (χ0) is 23.3.